The van der Waals surface area contributed by atoms with Crippen LogP contribution in [0.15, 0.2) is 53.6 Å². The lowest BCUT2D eigenvalue weighted by Crippen LogP contribution is -2.40. The molecule has 1 aromatic carbocycles. The molecule has 2 aromatic rings. The standard InChI is InChI=1S/C20H25N3O2S/c1-25-15-18-6-4-13-23(18)20(24)22-17-7-9-19(10-8-17)26-14-11-16-5-2-3-12-21-16/h2-3,5,7-10,12,18H,4,6,11,13-15H2,1H3,(H,22,24)/t18-/m0/s1. The van der Waals surface area contributed by atoms with Crippen LogP contribution in [-0.2, 0) is 11.2 Å². The highest BCUT2D eigenvalue weighted by molar-refractivity contribution is 7.99. The second-order valence-electron chi connectivity index (χ2n) is 6.32. The van der Waals surface area contributed by atoms with Gasteiger partial charge in [0, 0.05) is 41.9 Å². The van der Waals surface area contributed by atoms with E-state index in [1.54, 1.807) is 18.9 Å². The number of methoxy groups -OCH3 is 1. The molecule has 1 aliphatic heterocycles. The number of amides is 2. The average molecular weight is 372 g/mol. The minimum atomic E-state index is -0.0416. The van der Waals surface area contributed by atoms with Gasteiger partial charge in [0.1, 0.15) is 0 Å². The third-order valence-corrected chi connectivity index (χ3v) is 5.47. The maximum absolute atomic E-state index is 12.5. The molecule has 1 saturated heterocycles. The number of carbonyl (C=O) groups excluding carboxylic acids is 1. The Kier molecular flexibility index (Phi) is 6.91. The molecule has 0 spiro atoms. The van der Waals surface area contributed by atoms with Crippen LogP contribution < -0.4 is 5.32 Å². The number of rotatable bonds is 7. The van der Waals surface area contributed by atoms with Gasteiger partial charge in [-0.25, -0.2) is 4.79 Å². The van der Waals surface area contributed by atoms with Crippen molar-refractivity contribution in [3.8, 4) is 0 Å². The molecule has 3 rings (SSSR count). The zero-order valence-electron chi connectivity index (χ0n) is 15.1. The van der Waals surface area contributed by atoms with Gasteiger partial charge in [-0.05, 0) is 55.7 Å². The lowest BCUT2D eigenvalue weighted by Gasteiger charge is -2.24. The van der Waals surface area contributed by atoms with Crippen LogP contribution in [0.4, 0.5) is 10.5 Å². The van der Waals surface area contributed by atoms with E-state index in [0.717, 1.165) is 42.9 Å². The Morgan fingerprint density at radius 2 is 2.15 bits per heavy atom. The summed E-state index contributed by atoms with van der Waals surface area (Å²) in [5.74, 6) is 0.981. The highest BCUT2D eigenvalue weighted by Crippen LogP contribution is 2.23. The molecular formula is C20H25N3O2S. The summed E-state index contributed by atoms with van der Waals surface area (Å²) in [5, 5.41) is 2.99. The highest BCUT2D eigenvalue weighted by Gasteiger charge is 2.28. The molecule has 2 amide bonds. The van der Waals surface area contributed by atoms with Gasteiger partial charge in [-0.3, -0.25) is 4.98 Å². The fourth-order valence-corrected chi connectivity index (χ4v) is 3.99. The van der Waals surface area contributed by atoms with Crippen molar-refractivity contribution in [1.82, 2.24) is 9.88 Å². The van der Waals surface area contributed by atoms with E-state index < -0.39 is 0 Å². The van der Waals surface area contributed by atoms with E-state index in [0.29, 0.717) is 6.61 Å². The van der Waals surface area contributed by atoms with Crippen LogP contribution in [-0.4, -0.2) is 48.0 Å². The predicted octanol–water partition coefficient (Wildman–Crippen LogP) is 4.06. The molecule has 0 radical (unpaired) electrons. The van der Waals surface area contributed by atoms with Crippen molar-refractivity contribution in [2.75, 3.05) is 31.3 Å². The minimum absolute atomic E-state index is 0.0416. The molecule has 1 N–H and O–H groups in total. The Hall–Kier alpha value is -2.05. The van der Waals surface area contributed by atoms with E-state index in [9.17, 15) is 4.79 Å². The Morgan fingerprint density at radius 3 is 2.88 bits per heavy atom. The summed E-state index contributed by atoms with van der Waals surface area (Å²) in [6.07, 6.45) is 4.81. The Bertz CT molecular complexity index is 694. The van der Waals surface area contributed by atoms with Crippen molar-refractivity contribution in [1.29, 1.82) is 0 Å². The average Bonchev–Trinajstić information content (AvgIpc) is 3.13. The maximum Gasteiger partial charge on any atom is 0.322 e. The number of anilines is 1. The van der Waals surface area contributed by atoms with E-state index >= 15 is 0 Å². The number of ether oxygens (including phenoxy) is 1. The number of nitrogens with zero attached hydrogens (tertiary/aromatic N) is 2. The Morgan fingerprint density at radius 1 is 1.31 bits per heavy atom. The van der Waals surface area contributed by atoms with Crippen molar-refractivity contribution < 1.29 is 9.53 Å². The molecule has 1 atom stereocenters. The Balaban J connectivity index is 1.47. The normalized spacial score (nSPS) is 16.7. The van der Waals surface area contributed by atoms with Gasteiger partial charge in [0.2, 0.25) is 0 Å². The first-order chi connectivity index (χ1) is 12.8. The number of carbonyl (C=O) groups is 1. The third-order valence-electron chi connectivity index (χ3n) is 4.46. The van der Waals surface area contributed by atoms with Crippen molar-refractivity contribution in [3.05, 3.63) is 54.4 Å². The molecule has 1 fully saturated rings. The molecule has 0 saturated carbocycles. The number of benzene rings is 1. The number of likely N-dealkylation sites (tertiary alicyclic amines) is 1. The van der Waals surface area contributed by atoms with Gasteiger partial charge in [0.15, 0.2) is 0 Å². The van der Waals surface area contributed by atoms with Crippen LogP contribution in [0.2, 0.25) is 0 Å². The molecule has 1 aliphatic rings. The van der Waals surface area contributed by atoms with Gasteiger partial charge >= 0.3 is 6.03 Å². The van der Waals surface area contributed by atoms with E-state index in [2.05, 4.69) is 22.4 Å². The van der Waals surface area contributed by atoms with E-state index in [1.807, 2.05) is 41.4 Å². The predicted molar refractivity (Wildman–Crippen MR) is 106 cm³/mol. The van der Waals surface area contributed by atoms with Gasteiger partial charge < -0.3 is 15.0 Å². The van der Waals surface area contributed by atoms with Crippen LogP contribution in [0.3, 0.4) is 0 Å². The van der Waals surface area contributed by atoms with Crippen LogP contribution in [0, 0.1) is 0 Å². The summed E-state index contributed by atoms with van der Waals surface area (Å²) in [7, 11) is 1.68. The number of hydrogen-bond acceptors (Lipinski definition) is 4. The van der Waals surface area contributed by atoms with E-state index in [1.165, 1.54) is 4.90 Å². The molecule has 6 heteroatoms. The van der Waals surface area contributed by atoms with Crippen molar-refractivity contribution in [2.24, 2.45) is 0 Å². The number of hydrogen-bond donors (Lipinski definition) is 1. The van der Waals surface area contributed by atoms with Gasteiger partial charge in [0.25, 0.3) is 0 Å². The van der Waals surface area contributed by atoms with Crippen LogP contribution in [0.1, 0.15) is 18.5 Å². The number of pyridine rings is 1. The van der Waals surface area contributed by atoms with Gasteiger partial charge in [0.05, 0.1) is 12.6 Å². The topological polar surface area (TPSA) is 54.5 Å². The molecular weight excluding hydrogens is 346 g/mol. The van der Waals surface area contributed by atoms with Gasteiger partial charge in [-0.1, -0.05) is 6.07 Å². The molecule has 1 aromatic heterocycles. The number of aryl methyl sites for hydroxylation is 1. The summed E-state index contributed by atoms with van der Waals surface area (Å²) in [6, 6.07) is 14.2. The fourth-order valence-electron chi connectivity index (χ4n) is 3.12. The van der Waals surface area contributed by atoms with Crippen molar-refractivity contribution in [3.63, 3.8) is 0 Å². The first-order valence-electron chi connectivity index (χ1n) is 8.95. The highest BCUT2D eigenvalue weighted by atomic mass is 32.2. The quantitative estimate of drug-likeness (QED) is 0.746. The lowest BCUT2D eigenvalue weighted by molar-refractivity contribution is 0.128. The van der Waals surface area contributed by atoms with Crippen LogP contribution in [0.25, 0.3) is 0 Å². The summed E-state index contributed by atoms with van der Waals surface area (Å²) in [5.41, 5.74) is 1.94. The van der Waals surface area contributed by atoms with Crippen molar-refractivity contribution >= 4 is 23.5 Å². The smallest absolute Gasteiger partial charge is 0.322 e. The van der Waals surface area contributed by atoms with Crippen molar-refractivity contribution in [2.45, 2.75) is 30.2 Å². The first-order valence-corrected chi connectivity index (χ1v) is 9.94. The zero-order valence-corrected chi connectivity index (χ0v) is 15.9. The second kappa shape index (κ2) is 9.59. The second-order valence-corrected chi connectivity index (χ2v) is 7.49. The van der Waals surface area contributed by atoms with E-state index in [-0.39, 0.29) is 12.1 Å². The summed E-state index contributed by atoms with van der Waals surface area (Å²) in [4.78, 5) is 19.9. The fraction of sp³-hybridized carbons (Fsp3) is 0.400. The van der Waals surface area contributed by atoms with Gasteiger partial charge in [-0.2, -0.15) is 0 Å². The summed E-state index contributed by atoms with van der Waals surface area (Å²) < 4.78 is 5.21. The first kappa shape index (κ1) is 18.7. The molecule has 0 aliphatic carbocycles. The minimum Gasteiger partial charge on any atom is -0.383 e. The molecule has 138 valence electrons. The SMILES string of the molecule is COC[C@@H]1CCCN1C(=O)Nc1ccc(SCCc2ccccn2)cc1. The molecule has 0 bridgehead atoms. The number of thioether (sulfide) groups is 1. The number of aromatic nitrogens is 1. The third kappa shape index (κ3) is 5.22. The molecule has 26 heavy (non-hydrogen) atoms. The number of nitrogens with one attached hydrogen (secondary N) is 1. The monoisotopic (exact) mass is 371 g/mol. The Labute approximate surface area is 159 Å². The number of urea groups is 1. The lowest BCUT2D eigenvalue weighted by atomic mass is 10.2. The zero-order chi connectivity index (χ0) is 18.2. The molecule has 5 nitrogen and oxygen atoms in total. The van der Waals surface area contributed by atoms with Gasteiger partial charge in [-0.15, -0.1) is 11.8 Å². The van der Waals surface area contributed by atoms with Crippen LogP contribution >= 0.6 is 11.8 Å². The van der Waals surface area contributed by atoms with Crippen LogP contribution in [0.5, 0.6) is 0 Å². The van der Waals surface area contributed by atoms with E-state index in [4.69, 9.17) is 4.74 Å². The molecule has 0 unspecified atom stereocenters. The molecule has 2 heterocycles. The summed E-state index contributed by atoms with van der Waals surface area (Å²) >= 11 is 1.80. The largest absolute Gasteiger partial charge is 0.383 e. The maximum atomic E-state index is 12.5. The summed E-state index contributed by atoms with van der Waals surface area (Å²) in [6.45, 7) is 1.39.